The topological polar surface area (TPSA) is 104 Å². The summed E-state index contributed by atoms with van der Waals surface area (Å²) in [7, 11) is 0. The predicted octanol–water partition coefficient (Wildman–Crippen LogP) is -1.21. The van der Waals surface area contributed by atoms with Gasteiger partial charge in [0.25, 0.3) is 0 Å². The van der Waals surface area contributed by atoms with E-state index >= 15 is 0 Å². The van der Waals surface area contributed by atoms with Gasteiger partial charge in [-0.05, 0) is 12.8 Å². The summed E-state index contributed by atoms with van der Waals surface area (Å²) in [6.07, 6.45) is 0. The van der Waals surface area contributed by atoms with Gasteiger partial charge in [-0.2, -0.15) is 0 Å². The molecule has 14 heavy (non-hydrogen) atoms. The molecule has 0 bridgehead atoms. The molecule has 0 rings (SSSR count). The molecule has 82 valence electrons. The summed E-state index contributed by atoms with van der Waals surface area (Å²) < 4.78 is 0. The third kappa shape index (κ3) is 5.50. The molecule has 0 aliphatic heterocycles. The number of amides is 3. The molecular formula is C8H17N3O3. The number of nitrogens with two attached hydrogens (primary N) is 1. The zero-order valence-electron chi connectivity index (χ0n) is 8.41. The minimum Gasteiger partial charge on any atom is -0.396 e. The van der Waals surface area contributed by atoms with Crippen LogP contribution in [0.25, 0.3) is 0 Å². The van der Waals surface area contributed by atoms with Crippen LogP contribution in [-0.4, -0.2) is 36.2 Å². The van der Waals surface area contributed by atoms with Crippen molar-refractivity contribution in [3.05, 3.63) is 0 Å². The number of imide groups is 1. The summed E-state index contributed by atoms with van der Waals surface area (Å²) >= 11 is 0. The number of rotatable bonds is 5. The molecule has 0 heterocycles. The summed E-state index contributed by atoms with van der Waals surface area (Å²) in [5.74, 6) is -0.425. The Kier molecular flexibility index (Phi) is 5.82. The molecule has 0 aromatic heterocycles. The minimum absolute atomic E-state index is 0.00127. The van der Waals surface area contributed by atoms with Gasteiger partial charge >= 0.3 is 6.03 Å². The van der Waals surface area contributed by atoms with Crippen LogP contribution < -0.4 is 16.4 Å². The quantitative estimate of drug-likeness (QED) is 0.450. The summed E-state index contributed by atoms with van der Waals surface area (Å²) in [5.41, 5.74) is 4.75. The number of aliphatic hydroxyl groups is 1. The Morgan fingerprint density at radius 3 is 2.43 bits per heavy atom. The number of carbonyl (C=O) groups excluding carboxylic acids is 2. The molecule has 0 aromatic rings. The second-order valence-electron chi connectivity index (χ2n) is 3.24. The lowest BCUT2D eigenvalue weighted by atomic mass is 10.1. The van der Waals surface area contributed by atoms with Crippen molar-refractivity contribution in [1.82, 2.24) is 10.6 Å². The first-order chi connectivity index (χ1) is 6.47. The predicted molar refractivity (Wildman–Crippen MR) is 51.4 cm³/mol. The highest BCUT2D eigenvalue weighted by Crippen LogP contribution is 1.99. The number of aliphatic hydroxyl groups excluding tert-OH is 1. The molecule has 0 spiro atoms. The maximum absolute atomic E-state index is 10.9. The lowest BCUT2D eigenvalue weighted by molar-refractivity contribution is -0.119. The van der Waals surface area contributed by atoms with Crippen molar-refractivity contribution in [1.29, 1.82) is 0 Å². The van der Waals surface area contributed by atoms with E-state index in [-0.39, 0.29) is 25.1 Å². The summed E-state index contributed by atoms with van der Waals surface area (Å²) in [4.78, 5) is 21.2. The van der Waals surface area contributed by atoms with Crippen LogP contribution in [0.4, 0.5) is 4.79 Å². The van der Waals surface area contributed by atoms with E-state index in [0.717, 1.165) is 0 Å². The van der Waals surface area contributed by atoms with Crippen molar-refractivity contribution in [3.63, 3.8) is 0 Å². The fourth-order valence-corrected chi connectivity index (χ4v) is 0.795. The van der Waals surface area contributed by atoms with Gasteiger partial charge in [0, 0.05) is 12.6 Å². The standard InChI is InChI=1S/C8H17N3O3/c1-5(4-12)6(2)10-3-7(13)11-8(9)14/h5-6,10,12H,3-4H2,1-2H3,(H3,9,11,13,14). The van der Waals surface area contributed by atoms with Crippen molar-refractivity contribution in [2.75, 3.05) is 13.2 Å². The van der Waals surface area contributed by atoms with E-state index in [9.17, 15) is 9.59 Å². The molecule has 0 radical (unpaired) electrons. The summed E-state index contributed by atoms with van der Waals surface area (Å²) in [6, 6.07) is -0.863. The molecule has 0 aromatic carbocycles. The first kappa shape index (κ1) is 12.9. The molecule has 6 heteroatoms. The van der Waals surface area contributed by atoms with Crippen LogP contribution in [-0.2, 0) is 4.79 Å². The highest BCUT2D eigenvalue weighted by Gasteiger charge is 2.12. The third-order valence-corrected chi connectivity index (χ3v) is 1.99. The molecule has 6 nitrogen and oxygen atoms in total. The largest absolute Gasteiger partial charge is 0.396 e. The Balaban J connectivity index is 3.71. The summed E-state index contributed by atoms with van der Waals surface area (Å²) in [6.45, 7) is 3.75. The molecule has 0 saturated heterocycles. The van der Waals surface area contributed by atoms with E-state index in [1.807, 2.05) is 19.2 Å². The monoisotopic (exact) mass is 203 g/mol. The van der Waals surface area contributed by atoms with E-state index in [0.29, 0.717) is 0 Å². The lowest BCUT2D eigenvalue weighted by Crippen LogP contribution is -2.44. The first-order valence-electron chi connectivity index (χ1n) is 4.41. The van der Waals surface area contributed by atoms with E-state index in [2.05, 4.69) is 5.32 Å². The molecule has 5 N–H and O–H groups in total. The molecule has 2 unspecified atom stereocenters. The number of nitrogens with one attached hydrogen (secondary N) is 2. The highest BCUT2D eigenvalue weighted by atomic mass is 16.3. The fraction of sp³-hybridized carbons (Fsp3) is 0.750. The lowest BCUT2D eigenvalue weighted by Gasteiger charge is -2.18. The van der Waals surface area contributed by atoms with Crippen molar-refractivity contribution >= 4 is 11.9 Å². The van der Waals surface area contributed by atoms with Crippen molar-refractivity contribution in [2.24, 2.45) is 11.7 Å². The molecule has 0 aliphatic carbocycles. The smallest absolute Gasteiger partial charge is 0.318 e. The van der Waals surface area contributed by atoms with Gasteiger partial charge < -0.3 is 16.2 Å². The van der Waals surface area contributed by atoms with E-state index in [1.54, 1.807) is 0 Å². The Morgan fingerprint density at radius 1 is 1.43 bits per heavy atom. The number of carbonyl (C=O) groups is 2. The molecule has 3 amide bonds. The van der Waals surface area contributed by atoms with E-state index < -0.39 is 11.9 Å². The second-order valence-corrected chi connectivity index (χ2v) is 3.24. The van der Waals surface area contributed by atoms with Gasteiger partial charge in [0.05, 0.1) is 6.54 Å². The van der Waals surface area contributed by atoms with Crippen LogP contribution in [0, 0.1) is 5.92 Å². The molecule has 0 saturated carbocycles. The van der Waals surface area contributed by atoms with Crippen LogP contribution in [0.15, 0.2) is 0 Å². The normalized spacial score (nSPS) is 14.5. The first-order valence-corrected chi connectivity index (χ1v) is 4.41. The minimum atomic E-state index is -0.861. The van der Waals surface area contributed by atoms with Crippen LogP contribution in [0.5, 0.6) is 0 Å². The Labute approximate surface area is 82.9 Å². The maximum Gasteiger partial charge on any atom is 0.318 e. The molecule has 0 aliphatic rings. The number of hydrogen-bond acceptors (Lipinski definition) is 4. The highest BCUT2D eigenvalue weighted by molar-refractivity contribution is 5.94. The Morgan fingerprint density at radius 2 is 2.00 bits per heavy atom. The van der Waals surface area contributed by atoms with Gasteiger partial charge in [-0.3, -0.25) is 10.1 Å². The Hall–Kier alpha value is -1.14. The van der Waals surface area contributed by atoms with Gasteiger partial charge in [-0.1, -0.05) is 6.92 Å². The van der Waals surface area contributed by atoms with E-state index in [4.69, 9.17) is 10.8 Å². The fourth-order valence-electron chi connectivity index (χ4n) is 0.795. The number of primary amides is 1. The van der Waals surface area contributed by atoms with Crippen LogP contribution in [0.1, 0.15) is 13.8 Å². The van der Waals surface area contributed by atoms with Crippen LogP contribution >= 0.6 is 0 Å². The van der Waals surface area contributed by atoms with Crippen LogP contribution in [0.3, 0.4) is 0 Å². The van der Waals surface area contributed by atoms with Crippen molar-refractivity contribution < 1.29 is 14.7 Å². The van der Waals surface area contributed by atoms with Crippen LogP contribution in [0.2, 0.25) is 0 Å². The average Bonchev–Trinajstić information content (AvgIpc) is 2.11. The van der Waals surface area contributed by atoms with Gasteiger partial charge in [-0.15, -0.1) is 0 Å². The number of hydrogen-bond donors (Lipinski definition) is 4. The molecule has 2 atom stereocenters. The van der Waals surface area contributed by atoms with Crippen molar-refractivity contribution in [3.8, 4) is 0 Å². The zero-order valence-corrected chi connectivity index (χ0v) is 8.41. The van der Waals surface area contributed by atoms with Gasteiger partial charge in [0.15, 0.2) is 0 Å². The van der Waals surface area contributed by atoms with Gasteiger partial charge in [0.1, 0.15) is 0 Å². The molecular weight excluding hydrogens is 186 g/mol. The van der Waals surface area contributed by atoms with Gasteiger partial charge in [0.2, 0.25) is 5.91 Å². The van der Waals surface area contributed by atoms with E-state index in [1.165, 1.54) is 0 Å². The van der Waals surface area contributed by atoms with Crippen molar-refractivity contribution in [2.45, 2.75) is 19.9 Å². The van der Waals surface area contributed by atoms with Gasteiger partial charge in [-0.25, -0.2) is 4.79 Å². The Bertz CT molecular complexity index is 208. The zero-order chi connectivity index (χ0) is 11.1. The average molecular weight is 203 g/mol. The molecule has 0 fully saturated rings. The third-order valence-electron chi connectivity index (χ3n) is 1.99. The maximum atomic E-state index is 10.9. The second kappa shape index (κ2) is 6.33. The SMILES string of the molecule is CC(CO)C(C)NCC(=O)NC(N)=O. The number of urea groups is 1. The summed E-state index contributed by atoms with van der Waals surface area (Å²) in [5, 5.41) is 13.6.